The first-order chi connectivity index (χ1) is 5.72. The van der Waals surface area contributed by atoms with Crippen LogP contribution >= 0.6 is 11.3 Å². The Morgan fingerprint density at radius 3 is 3.00 bits per heavy atom. The van der Waals surface area contributed by atoms with E-state index in [0.717, 1.165) is 4.88 Å². The first kappa shape index (κ1) is 8.75. The number of thiazole rings is 1. The highest BCUT2D eigenvalue weighted by molar-refractivity contribution is 7.12. The fourth-order valence-corrected chi connectivity index (χ4v) is 1.19. The molecule has 0 aliphatic heterocycles. The zero-order valence-corrected chi connectivity index (χ0v) is 7.57. The van der Waals surface area contributed by atoms with Gasteiger partial charge in [-0.25, -0.2) is 9.78 Å². The third-order valence-electron chi connectivity index (χ3n) is 1.08. The van der Waals surface area contributed by atoms with Crippen molar-refractivity contribution in [2.45, 2.75) is 6.92 Å². The molecule has 0 spiro atoms. The topological polar surface area (TPSA) is 39.2 Å². The Labute approximate surface area is 74.4 Å². The zero-order chi connectivity index (χ0) is 8.97. The normalized spacial score (nSPS) is 8.50. The smallest absolute Gasteiger partial charge is 0.384 e. The molecule has 0 N–H and O–H groups in total. The third-order valence-corrected chi connectivity index (χ3v) is 1.91. The van der Waals surface area contributed by atoms with Gasteiger partial charge in [0.05, 0.1) is 7.11 Å². The van der Waals surface area contributed by atoms with Gasteiger partial charge in [-0.2, -0.15) is 0 Å². The Balaban J connectivity index is 2.73. The number of aromatic nitrogens is 1. The molecule has 0 aliphatic rings. The summed E-state index contributed by atoms with van der Waals surface area (Å²) in [7, 11) is 1.30. The number of nitrogens with zero attached hydrogens (tertiary/aromatic N) is 1. The highest BCUT2D eigenvalue weighted by atomic mass is 32.1. The van der Waals surface area contributed by atoms with Crippen LogP contribution in [0.1, 0.15) is 9.88 Å². The predicted molar refractivity (Wildman–Crippen MR) is 45.7 cm³/mol. The van der Waals surface area contributed by atoms with Crippen molar-refractivity contribution in [3.8, 4) is 11.8 Å². The first-order valence-electron chi connectivity index (χ1n) is 3.25. The van der Waals surface area contributed by atoms with Gasteiger partial charge < -0.3 is 4.74 Å². The van der Waals surface area contributed by atoms with Crippen LogP contribution < -0.4 is 0 Å². The van der Waals surface area contributed by atoms with Crippen molar-refractivity contribution in [1.82, 2.24) is 4.98 Å². The molecule has 3 nitrogen and oxygen atoms in total. The quantitative estimate of drug-likeness (QED) is 0.442. The van der Waals surface area contributed by atoms with Crippen LogP contribution in [0.3, 0.4) is 0 Å². The highest BCUT2D eigenvalue weighted by Gasteiger charge is 1.94. The number of ether oxygens (including phenoxy) is 1. The van der Waals surface area contributed by atoms with Crippen molar-refractivity contribution >= 4 is 17.3 Å². The summed E-state index contributed by atoms with van der Waals surface area (Å²) in [5.41, 5.74) is 0. The molecule has 0 amide bonds. The number of aryl methyl sites for hydroxylation is 1. The van der Waals surface area contributed by atoms with Crippen LogP contribution in [0.5, 0.6) is 0 Å². The lowest BCUT2D eigenvalue weighted by Gasteiger charge is -1.82. The molecule has 0 fully saturated rings. The molecule has 62 valence electrons. The second-order valence-corrected chi connectivity index (χ2v) is 3.25. The molecule has 0 aromatic carbocycles. The predicted octanol–water partition coefficient (Wildman–Crippen LogP) is 0.976. The van der Waals surface area contributed by atoms with E-state index in [2.05, 4.69) is 21.6 Å². The maximum Gasteiger partial charge on any atom is 0.384 e. The molecule has 0 atom stereocenters. The van der Waals surface area contributed by atoms with Crippen LogP contribution in [0.25, 0.3) is 0 Å². The fraction of sp³-hybridized carbons (Fsp3) is 0.250. The number of carbonyl (C=O) groups is 1. The average Bonchev–Trinajstić information content (AvgIpc) is 2.47. The van der Waals surface area contributed by atoms with Gasteiger partial charge in [-0.05, 0) is 12.8 Å². The molecule has 12 heavy (non-hydrogen) atoms. The fourth-order valence-electron chi connectivity index (χ4n) is 0.568. The van der Waals surface area contributed by atoms with Crippen molar-refractivity contribution in [3.63, 3.8) is 0 Å². The number of methoxy groups -OCH3 is 1. The number of carbonyl (C=O) groups excluding carboxylic acids is 1. The van der Waals surface area contributed by atoms with Crippen LogP contribution in [0.4, 0.5) is 0 Å². The van der Waals surface area contributed by atoms with Crippen molar-refractivity contribution < 1.29 is 9.53 Å². The van der Waals surface area contributed by atoms with Crippen molar-refractivity contribution in [1.29, 1.82) is 0 Å². The van der Waals surface area contributed by atoms with E-state index in [9.17, 15) is 4.79 Å². The van der Waals surface area contributed by atoms with E-state index >= 15 is 0 Å². The summed E-state index contributed by atoms with van der Waals surface area (Å²) in [6.45, 7) is 1.93. The monoisotopic (exact) mass is 181 g/mol. The number of hydrogen-bond acceptors (Lipinski definition) is 4. The minimum Gasteiger partial charge on any atom is -0.459 e. The van der Waals surface area contributed by atoms with Crippen molar-refractivity contribution in [2.24, 2.45) is 0 Å². The standard InChI is InChI=1S/C8H7NO2S/c1-6-5-9-7(12-6)3-4-8(10)11-2/h5H,1-2H3. The maximum atomic E-state index is 10.6. The molecule has 1 rings (SSSR count). The molecule has 0 radical (unpaired) electrons. The Hall–Kier alpha value is -1.34. The molecule has 0 unspecified atom stereocenters. The van der Waals surface area contributed by atoms with E-state index in [0.29, 0.717) is 5.01 Å². The lowest BCUT2D eigenvalue weighted by molar-refractivity contribution is -0.133. The summed E-state index contributed by atoms with van der Waals surface area (Å²) in [6, 6.07) is 0. The van der Waals surface area contributed by atoms with Gasteiger partial charge in [0, 0.05) is 17.0 Å². The average molecular weight is 181 g/mol. The lowest BCUT2D eigenvalue weighted by Crippen LogP contribution is -1.94. The van der Waals surface area contributed by atoms with Crippen molar-refractivity contribution in [3.05, 3.63) is 16.1 Å². The molecule has 0 bridgehead atoms. The molecule has 4 heteroatoms. The summed E-state index contributed by atoms with van der Waals surface area (Å²) in [5.74, 6) is 4.36. The number of esters is 1. The summed E-state index contributed by atoms with van der Waals surface area (Å²) in [4.78, 5) is 15.6. The molecule has 0 saturated heterocycles. The zero-order valence-electron chi connectivity index (χ0n) is 6.75. The number of hydrogen-bond donors (Lipinski definition) is 0. The van der Waals surface area contributed by atoms with E-state index in [-0.39, 0.29) is 0 Å². The summed E-state index contributed by atoms with van der Waals surface area (Å²) in [6.07, 6.45) is 1.71. The Morgan fingerprint density at radius 2 is 2.50 bits per heavy atom. The molecular formula is C8H7NO2S. The largest absolute Gasteiger partial charge is 0.459 e. The highest BCUT2D eigenvalue weighted by Crippen LogP contribution is 2.08. The van der Waals surface area contributed by atoms with Gasteiger partial charge in [-0.15, -0.1) is 11.3 Å². The van der Waals surface area contributed by atoms with Crippen molar-refractivity contribution in [2.75, 3.05) is 7.11 Å². The lowest BCUT2D eigenvalue weighted by atomic mass is 10.6. The molecule has 1 heterocycles. The third kappa shape index (κ3) is 2.36. The Bertz CT molecular complexity index is 345. The molecular weight excluding hydrogens is 174 g/mol. The summed E-state index contributed by atoms with van der Waals surface area (Å²) < 4.78 is 4.34. The van der Waals surface area contributed by atoms with E-state index in [4.69, 9.17) is 0 Å². The molecule has 1 aromatic heterocycles. The van der Waals surface area contributed by atoms with Gasteiger partial charge >= 0.3 is 5.97 Å². The first-order valence-corrected chi connectivity index (χ1v) is 4.06. The molecule has 0 aliphatic carbocycles. The van der Waals surface area contributed by atoms with Gasteiger partial charge in [-0.1, -0.05) is 0 Å². The van der Waals surface area contributed by atoms with Gasteiger partial charge in [-0.3, -0.25) is 0 Å². The Morgan fingerprint density at radius 1 is 1.75 bits per heavy atom. The van der Waals surface area contributed by atoms with Gasteiger partial charge in [0.2, 0.25) is 0 Å². The summed E-state index contributed by atoms with van der Waals surface area (Å²) in [5, 5.41) is 0.637. The van der Waals surface area contributed by atoms with E-state index in [1.54, 1.807) is 6.20 Å². The van der Waals surface area contributed by atoms with E-state index in [1.165, 1.54) is 18.4 Å². The van der Waals surface area contributed by atoms with E-state index in [1.807, 2.05) is 6.92 Å². The van der Waals surface area contributed by atoms with E-state index < -0.39 is 5.97 Å². The molecule has 0 saturated carbocycles. The van der Waals surface area contributed by atoms with Crippen LogP contribution in [-0.4, -0.2) is 18.1 Å². The number of rotatable bonds is 0. The second-order valence-electron chi connectivity index (χ2n) is 2.02. The van der Waals surface area contributed by atoms with Gasteiger partial charge in [0.25, 0.3) is 0 Å². The van der Waals surface area contributed by atoms with Gasteiger partial charge in [0.15, 0.2) is 5.01 Å². The SMILES string of the molecule is COC(=O)C#Cc1ncc(C)s1. The second kappa shape index (κ2) is 3.88. The molecule has 1 aromatic rings. The van der Waals surface area contributed by atoms with Crippen LogP contribution in [-0.2, 0) is 9.53 Å². The minimum atomic E-state index is -0.539. The van der Waals surface area contributed by atoms with Crippen LogP contribution in [0.15, 0.2) is 6.20 Å². The Kier molecular flexibility index (Phi) is 2.83. The summed E-state index contributed by atoms with van der Waals surface area (Å²) >= 11 is 1.45. The van der Waals surface area contributed by atoms with Crippen LogP contribution in [0.2, 0.25) is 0 Å². The van der Waals surface area contributed by atoms with Gasteiger partial charge in [0.1, 0.15) is 0 Å². The minimum absolute atomic E-state index is 0.539. The maximum absolute atomic E-state index is 10.6. The van der Waals surface area contributed by atoms with Crippen LogP contribution in [0, 0.1) is 18.8 Å².